The van der Waals surface area contributed by atoms with Crippen LogP contribution < -0.4 is 5.32 Å². The molecular weight excluding hydrogens is 430 g/mol. The van der Waals surface area contributed by atoms with E-state index in [1.807, 2.05) is 40.6 Å². The fraction of sp³-hybridized carbons (Fsp3) is 0.556. The van der Waals surface area contributed by atoms with Crippen LogP contribution in [0, 0.1) is 11.8 Å². The van der Waals surface area contributed by atoms with Crippen molar-refractivity contribution in [1.82, 2.24) is 15.1 Å². The van der Waals surface area contributed by atoms with E-state index >= 15 is 0 Å². The number of nitrogens with zero attached hydrogens (tertiary/aromatic N) is 2. The molecule has 1 saturated heterocycles. The third kappa shape index (κ3) is 5.49. The van der Waals surface area contributed by atoms with Crippen molar-refractivity contribution in [2.45, 2.75) is 52.0 Å². The topological polar surface area (TPSA) is 52.7 Å². The molecule has 1 aromatic heterocycles. The summed E-state index contributed by atoms with van der Waals surface area (Å²) < 4.78 is 0. The molecule has 2 aromatic rings. The van der Waals surface area contributed by atoms with Gasteiger partial charge in [0.05, 0.1) is 12.0 Å². The Bertz CT molecular complexity index is 935. The smallest absolute Gasteiger partial charge is 0.254 e. The fourth-order valence-electron chi connectivity index (χ4n) is 5.16. The Morgan fingerprint density at radius 2 is 1.91 bits per heavy atom. The summed E-state index contributed by atoms with van der Waals surface area (Å²) in [6.07, 6.45) is 3.49. The maximum atomic E-state index is 13.6. The zero-order valence-electron chi connectivity index (χ0n) is 20.1. The summed E-state index contributed by atoms with van der Waals surface area (Å²) in [5, 5.41) is 5.25. The predicted octanol–water partition coefficient (Wildman–Crippen LogP) is 4.92. The zero-order valence-corrected chi connectivity index (χ0v) is 20.9. The van der Waals surface area contributed by atoms with Crippen LogP contribution >= 0.6 is 11.3 Å². The van der Waals surface area contributed by atoms with Crippen LogP contribution in [0.4, 0.5) is 0 Å². The lowest BCUT2D eigenvalue weighted by Gasteiger charge is -2.42. The molecule has 3 heterocycles. The first kappa shape index (κ1) is 24.0. The highest BCUT2D eigenvalue weighted by Crippen LogP contribution is 2.44. The van der Waals surface area contributed by atoms with Gasteiger partial charge in [0, 0.05) is 23.5 Å². The van der Waals surface area contributed by atoms with E-state index in [0.717, 1.165) is 42.4 Å². The zero-order chi connectivity index (χ0) is 23.4. The van der Waals surface area contributed by atoms with Gasteiger partial charge in [0.25, 0.3) is 5.91 Å². The van der Waals surface area contributed by atoms with E-state index in [2.05, 4.69) is 37.1 Å². The second kappa shape index (κ2) is 10.8. The highest BCUT2D eigenvalue weighted by atomic mass is 32.1. The van der Waals surface area contributed by atoms with Gasteiger partial charge in [-0.3, -0.25) is 9.59 Å². The molecule has 1 N–H and O–H groups in total. The van der Waals surface area contributed by atoms with Gasteiger partial charge < -0.3 is 15.1 Å². The van der Waals surface area contributed by atoms with Crippen LogP contribution in [0.15, 0.2) is 41.8 Å². The predicted molar refractivity (Wildman–Crippen MR) is 135 cm³/mol. The Labute approximate surface area is 202 Å². The van der Waals surface area contributed by atoms with Crippen molar-refractivity contribution >= 4 is 23.2 Å². The lowest BCUT2D eigenvalue weighted by atomic mass is 9.81. The Morgan fingerprint density at radius 1 is 1.15 bits per heavy atom. The van der Waals surface area contributed by atoms with Crippen molar-refractivity contribution < 1.29 is 9.59 Å². The second-order valence-electron chi connectivity index (χ2n) is 10.0. The van der Waals surface area contributed by atoms with Crippen LogP contribution in [-0.4, -0.2) is 54.3 Å². The van der Waals surface area contributed by atoms with Gasteiger partial charge in [-0.2, -0.15) is 0 Å². The van der Waals surface area contributed by atoms with E-state index in [1.165, 1.54) is 12.8 Å². The lowest BCUT2D eigenvalue weighted by molar-refractivity contribution is -0.124. The van der Waals surface area contributed by atoms with Crippen molar-refractivity contribution in [2.24, 2.45) is 11.8 Å². The van der Waals surface area contributed by atoms with Gasteiger partial charge in [-0.25, -0.2) is 0 Å². The molecule has 0 saturated carbocycles. The standard InChI is InChI=1S/C27H37N3O2S/c1-19(2)18-30-25(23-10-6-17-33-23)24(21-8-4-5-9-22(21)27(30)32)26(31)28-13-7-14-29-15-11-20(3)12-16-29/h4-6,8-10,17,19-20,24-25H,7,11-16,18H2,1-3H3,(H,28,31)/t24-,25-/m0/s1. The van der Waals surface area contributed by atoms with Gasteiger partial charge in [0.2, 0.25) is 5.91 Å². The first-order valence-electron chi connectivity index (χ1n) is 12.4. The van der Waals surface area contributed by atoms with Crippen molar-refractivity contribution in [1.29, 1.82) is 0 Å². The van der Waals surface area contributed by atoms with E-state index in [-0.39, 0.29) is 17.9 Å². The number of carbonyl (C=O) groups is 2. The highest BCUT2D eigenvalue weighted by Gasteiger charge is 2.44. The summed E-state index contributed by atoms with van der Waals surface area (Å²) in [7, 11) is 0. The largest absolute Gasteiger partial charge is 0.355 e. The van der Waals surface area contributed by atoms with E-state index in [9.17, 15) is 9.59 Å². The van der Waals surface area contributed by atoms with Crippen LogP contribution in [0.2, 0.25) is 0 Å². The number of amides is 2. The highest BCUT2D eigenvalue weighted by molar-refractivity contribution is 7.10. The van der Waals surface area contributed by atoms with Gasteiger partial charge in [0.15, 0.2) is 0 Å². The van der Waals surface area contributed by atoms with Gasteiger partial charge in [-0.15, -0.1) is 11.3 Å². The number of thiophene rings is 1. The minimum absolute atomic E-state index is 0.0226. The lowest BCUT2D eigenvalue weighted by Crippen LogP contribution is -2.48. The van der Waals surface area contributed by atoms with Crippen LogP contribution in [0.25, 0.3) is 0 Å². The van der Waals surface area contributed by atoms with Gasteiger partial charge >= 0.3 is 0 Å². The third-order valence-electron chi connectivity index (χ3n) is 6.94. The summed E-state index contributed by atoms with van der Waals surface area (Å²) in [5.41, 5.74) is 1.51. The molecular formula is C27H37N3O2S. The molecule has 0 radical (unpaired) electrons. The first-order valence-corrected chi connectivity index (χ1v) is 13.3. The number of likely N-dealkylation sites (tertiary alicyclic amines) is 1. The molecule has 2 amide bonds. The molecule has 2 aliphatic heterocycles. The number of nitrogens with one attached hydrogen (secondary N) is 1. The summed E-state index contributed by atoms with van der Waals surface area (Å²) >= 11 is 1.62. The number of hydrogen-bond donors (Lipinski definition) is 1. The average Bonchev–Trinajstić information content (AvgIpc) is 3.33. The van der Waals surface area contributed by atoms with Crippen LogP contribution in [-0.2, 0) is 4.79 Å². The summed E-state index contributed by atoms with van der Waals surface area (Å²) in [4.78, 5) is 32.6. The molecule has 6 heteroatoms. The Morgan fingerprint density at radius 3 is 2.61 bits per heavy atom. The molecule has 0 aliphatic carbocycles. The third-order valence-corrected chi connectivity index (χ3v) is 7.89. The van der Waals surface area contributed by atoms with Crippen molar-refractivity contribution in [3.8, 4) is 0 Å². The molecule has 1 aromatic carbocycles. The van der Waals surface area contributed by atoms with Crippen LogP contribution in [0.5, 0.6) is 0 Å². The van der Waals surface area contributed by atoms with Crippen molar-refractivity contribution in [2.75, 3.05) is 32.7 Å². The molecule has 2 atom stereocenters. The average molecular weight is 468 g/mol. The monoisotopic (exact) mass is 467 g/mol. The Hall–Kier alpha value is -2.18. The van der Waals surface area contributed by atoms with Crippen molar-refractivity contribution in [3.05, 3.63) is 57.8 Å². The molecule has 0 bridgehead atoms. The van der Waals surface area contributed by atoms with E-state index in [1.54, 1.807) is 11.3 Å². The number of rotatable bonds is 8. The second-order valence-corrected chi connectivity index (χ2v) is 11.0. The molecule has 178 valence electrons. The number of carbonyl (C=O) groups excluding carboxylic acids is 2. The minimum atomic E-state index is -0.396. The molecule has 0 unspecified atom stereocenters. The van der Waals surface area contributed by atoms with E-state index in [4.69, 9.17) is 0 Å². The minimum Gasteiger partial charge on any atom is -0.355 e. The normalized spacial score (nSPS) is 21.9. The number of hydrogen-bond acceptors (Lipinski definition) is 4. The van der Waals surface area contributed by atoms with Gasteiger partial charge in [0.1, 0.15) is 0 Å². The maximum Gasteiger partial charge on any atom is 0.254 e. The molecule has 1 fully saturated rings. The van der Waals surface area contributed by atoms with Crippen molar-refractivity contribution in [3.63, 3.8) is 0 Å². The quantitative estimate of drug-likeness (QED) is 0.561. The summed E-state index contributed by atoms with van der Waals surface area (Å²) in [6.45, 7) is 11.2. The molecule has 0 spiro atoms. The molecule has 5 nitrogen and oxygen atoms in total. The maximum absolute atomic E-state index is 13.6. The summed E-state index contributed by atoms with van der Waals surface area (Å²) in [5.74, 6) is 0.804. The van der Waals surface area contributed by atoms with E-state index < -0.39 is 5.92 Å². The number of fused-ring (bicyclic) bond motifs is 1. The Kier molecular flexibility index (Phi) is 7.86. The van der Waals surface area contributed by atoms with Crippen LogP contribution in [0.1, 0.15) is 72.8 Å². The van der Waals surface area contributed by atoms with Gasteiger partial charge in [-0.05, 0) is 73.8 Å². The molecule has 4 rings (SSSR count). The SMILES string of the molecule is CC(C)CN1C(=O)c2ccccc2[C@H](C(=O)NCCCN2CCC(C)CC2)[C@@H]1c1cccs1. The summed E-state index contributed by atoms with van der Waals surface area (Å²) in [6, 6.07) is 11.5. The number of piperidine rings is 1. The molecule has 2 aliphatic rings. The van der Waals surface area contributed by atoms with Gasteiger partial charge in [-0.1, -0.05) is 45.0 Å². The molecule has 33 heavy (non-hydrogen) atoms. The Balaban J connectivity index is 1.52. The first-order chi connectivity index (χ1) is 16.0. The van der Waals surface area contributed by atoms with Crippen LogP contribution in [0.3, 0.4) is 0 Å². The fourth-order valence-corrected chi connectivity index (χ4v) is 6.03. The number of benzene rings is 1. The van der Waals surface area contributed by atoms with E-state index in [0.29, 0.717) is 24.6 Å².